The van der Waals surface area contributed by atoms with Gasteiger partial charge < -0.3 is 15.3 Å². The summed E-state index contributed by atoms with van der Waals surface area (Å²) in [6.07, 6.45) is 0. The van der Waals surface area contributed by atoms with E-state index in [0.29, 0.717) is 0 Å². The third kappa shape index (κ3) is 7.27. The Kier molecular flexibility index (Phi) is 17.3. The molecule has 1 aromatic rings. The molecule has 0 amide bonds. The van der Waals surface area contributed by atoms with Crippen LogP contribution in [-0.4, -0.2) is 64.9 Å². The zero-order valence-corrected chi connectivity index (χ0v) is 18.7. The molecular formula is C11H16F9GeHfO3-. The van der Waals surface area contributed by atoms with Crippen molar-refractivity contribution in [1.29, 1.82) is 0 Å². The minimum Gasteiger partial charge on any atom is 0 e. The third-order valence-electron chi connectivity index (χ3n) is 2.37. The van der Waals surface area contributed by atoms with Crippen LogP contribution in [-0.2, 0) is 25.8 Å². The Hall–Kier alpha value is 0.0130. The molecule has 1 aromatic carbocycles. The largest absolute Gasteiger partial charge is 0 e. The van der Waals surface area contributed by atoms with Gasteiger partial charge in [0.15, 0.2) is 0 Å². The SMILES string of the molecule is CO.CO.CO.F[C](F)(F)[Ge]([c-]1cccc1)([C](F)(F)F)[C](F)(F)F.[Hf]. The first-order valence-electron chi connectivity index (χ1n) is 5.62. The second-order valence-corrected chi connectivity index (χ2v) is 11.3. The van der Waals surface area contributed by atoms with Crippen LogP contribution < -0.4 is 4.40 Å². The van der Waals surface area contributed by atoms with Crippen molar-refractivity contribution in [3.63, 3.8) is 0 Å². The normalized spacial score (nSPS) is 11.5. The second-order valence-electron chi connectivity index (χ2n) is 3.42. The van der Waals surface area contributed by atoms with E-state index in [1.807, 2.05) is 0 Å². The van der Waals surface area contributed by atoms with Crippen molar-refractivity contribution in [3.05, 3.63) is 24.3 Å². The van der Waals surface area contributed by atoms with Gasteiger partial charge in [0, 0.05) is 47.2 Å². The second kappa shape index (κ2) is 13.2. The topological polar surface area (TPSA) is 60.7 Å². The Labute approximate surface area is 159 Å². The van der Waals surface area contributed by atoms with E-state index in [9.17, 15) is 39.5 Å². The fourth-order valence-corrected chi connectivity index (χ4v) is 7.13. The van der Waals surface area contributed by atoms with E-state index >= 15 is 0 Å². The number of hydrogen-bond donors (Lipinski definition) is 3. The van der Waals surface area contributed by atoms with E-state index in [1.54, 1.807) is 0 Å². The molecule has 0 aliphatic heterocycles. The van der Waals surface area contributed by atoms with E-state index < -0.39 is 32.7 Å². The Morgan fingerprint density at radius 1 is 0.600 bits per heavy atom. The first kappa shape index (κ1) is 32.7. The van der Waals surface area contributed by atoms with Crippen LogP contribution in [0.4, 0.5) is 39.5 Å². The molecule has 0 spiro atoms. The molecular weight excluding hydrogens is 602 g/mol. The maximum atomic E-state index is 12.6. The van der Waals surface area contributed by atoms with Gasteiger partial charge in [-0.15, -0.1) is 0 Å². The summed E-state index contributed by atoms with van der Waals surface area (Å²) in [5.74, 6) is 0. The van der Waals surface area contributed by atoms with E-state index in [4.69, 9.17) is 15.3 Å². The zero-order chi connectivity index (χ0) is 20.4. The Bertz CT molecular complexity index is 380. The van der Waals surface area contributed by atoms with Crippen molar-refractivity contribution in [1.82, 2.24) is 0 Å². The van der Waals surface area contributed by atoms with Gasteiger partial charge in [-0.25, -0.2) is 0 Å². The zero-order valence-electron chi connectivity index (χ0n) is 13.1. The summed E-state index contributed by atoms with van der Waals surface area (Å²) in [6.45, 7) is 0. The summed E-state index contributed by atoms with van der Waals surface area (Å²) in [5.41, 5.74) is 0. The van der Waals surface area contributed by atoms with Crippen molar-refractivity contribution < 1.29 is 80.7 Å². The Morgan fingerprint density at radius 3 is 0.960 bits per heavy atom. The van der Waals surface area contributed by atoms with Gasteiger partial charge in [0.05, 0.1) is 0 Å². The minimum atomic E-state index is -8.38. The van der Waals surface area contributed by atoms with Crippen LogP contribution in [0.15, 0.2) is 24.3 Å². The Balaban J connectivity index is -0.000000284. The molecule has 0 saturated heterocycles. The molecule has 0 heterocycles. The number of aliphatic hydroxyl groups is 3. The van der Waals surface area contributed by atoms with E-state index in [0.717, 1.165) is 33.5 Å². The summed E-state index contributed by atoms with van der Waals surface area (Å²) in [7, 11) is 3.00. The summed E-state index contributed by atoms with van der Waals surface area (Å²) in [4.78, 5) is 0. The smallest absolute Gasteiger partial charge is 0 e. The molecule has 3 nitrogen and oxygen atoms in total. The van der Waals surface area contributed by atoms with Crippen LogP contribution in [0.25, 0.3) is 0 Å². The first-order chi connectivity index (χ1) is 10.9. The molecule has 0 atom stereocenters. The molecule has 150 valence electrons. The van der Waals surface area contributed by atoms with Gasteiger partial charge >= 0.3 is 96.5 Å². The van der Waals surface area contributed by atoms with Gasteiger partial charge in [-0.3, -0.25) is 0 Å². The monoisotopic (exact) mass is 621 g/mol. The van der Waals surface area contributed by atoms with Crippen LogP contribution in [0.1, 0.15) is 0 Å². The fraction of sp³-hybridized carbons (Fsp3) is 0.545. The van der Waals surface area contributed by atoms with Crippen LogP contribution in [0.2, 0.25) is 0 Å². The molecule has 0 aliphatic carbocycles. The number of aliphatic hydroxyl groups excluding tert-OH is 3. The van der Waals surface area contributed by atoms with E-state index in [1.165, 1.54) is 0 Å². The molecule has 1 rings (SSSR count). The average molecular weight is 618 g/mol. The average Bonchev–Trinajstić information content (AvgIpc) is 2.95. The van der Waals surface area contributed by atoms with Crippen LogP contribution in [0.3, 0.4) is 0 Å². The van der Waals surface area contributed by atoms with Gasteiger partial charge in [-0.2, -0.15) is 0 Å². The molecule has 14 heteroatoms. The molecule has 25 heavy (non-hydrogen) atoms. The van der Waals surface area contributed by atoms with Crippen molar-refractivity contribution in [3.8, 4) is 0 Å². The van der Waals surface area contributed by atoms with Gasteiger partial charge in [0.25, 0.3) is 0 Å². The number of alkyl halides is 9. The van der Waals surface area contributed by atoms with Gasteiger partial charge in [-0.05, 0) is 0 Å². The molecule has 0 aromatic heterocycles. The van der Waals surface area contributed by atoms with Crippen molar-refractivity contribution in [2.75, 3.05) is 21.3 Å². The van der Waals surface area contributed by atoms with Crippen molar-refractivity contribution in [2.45, 2.75) is 15.0 Å². The summed E-state index contributed by atoms with van der Waals surface area (Å²) >= 11 is -8.38. The predicted octanol–water partition coefficient (Wildman–Crippen LogP) is 2.19. The van der Waals surface area contributed by atoms with Gasteiger partial charge in [-0.1, -0.05) is 0 Å². The summed E-state index contributed by atoms with van der Waals surface area (Å²) < 4.78 is 111. The number of rotatable bonds is 1. The van der Waals surface area contributed by atoms with Crippen molar-refractivity contribution in [2.24, 2.45) is 0 Å². The third-order valence-corrected chi connectivity index (χ3v) is 10.2. The Morgan fingerprint density at radius 2 is 0.800 bits per heavy atom. The fourth-order valence-electron chi connectivity index (χ4n) is 1.60. The predicted molar refractivity (Wildman–Crippen MR) is 70.0 cm³/mol. The van der Waals surface area contributed by atoms with E-state index in [-0.39, 0.29) is 38.0 Å². The maximum absolute atomic E-state index is 12.6. The summed E-state index contributed by atoms with van der Waals surface area (Å²) in [5, 5.41) is 1.93. The van der Waals surface area contributed by atoms with Crippen molar-refractivity contribution >= 4 is 17.7 Å². The van der Waals surface area contributed by atoms with Gasteiger partial charge in [0.2, 0.25) is 0 Å². The minimum absolute atomic E-state index is 0. The van der Waals surface area contributed by atoms with Crippen LogP contribution in [0.5, 0.6) is 0 Å². The number of hydrogen-bond acceptors (Lipinski definition) is 3. The molecule has 0 bridgehead atoms. The number of halogens is 9. The molecule has 3 N–H and O–H groups in total. The van der Waals surface area contributed by atoms with Crippen LogP contribution in [0, 0.1) is 0 Å². The molecule has 0 unspecified atom stereocenters. The first-order valence-corrected chi connectivity index (χ1v) is 9.82. The van der Waals surface area contributed by atoms with Gasteiger partial charge in [0.1, 0.15) is 0 Å². The molecule has 0 radical (unpaired) electrons. The molecule has 0 aliphatic rings. The van der Waals surface area contributed by atoms with Crippen LogP contribution >= 0.6 is 0 Å². The van der Waals surface area contributed by atoms with E-state index in [2.05, 4.69) is 0 Å². The summed E-state index contributed by atoms with van der Waals surface area (Å²) in [6, 6.07) is 1.90. The standard InChI is InChI=1S/C8H4F9Ge.3CH4O.Hf/c9-6(10,11)18(7(12,13)14,8(15,16)17)5-3-1-2-4-5;3*1-2;/h1-4H;3*2H,1H3;/q-1;;;;. The quantitative estimate of drug-likeness (QED) is 0.257. The maximum Gasteiger partial charge on any atom is 0 e. The molecule has 0 fully saturated rings. The molecule has 0 saturated carbocycles.